The second-order valence-electron chi connectivity index (χ2n) is 2.85. The molecule has 11 heteroatoms. The van der Waals surface area contributed by atoms with Crippen LogP contribution in [0.15, 0.2) is 74.9 Å². The van der Waals surface area contributed by atoms with Crippen molar-refractivity contribution >= 4 is 0 Å². The standard InChI is InChI=1S/4C3H3N2.Cu.2H2O/c4*1-2-5-3-4-1;;;/h4*1-3H;;2*1H2/q4*-1;+1;;. The van der Waals surface area contributed by atoms with E-state index in [1.165, 1.54) is 25.3 Å². The summed E-state index contributed by atoms with van der Waals surface area (Å²) in [5, 5.41) is 0. The molecule has 0 aliphatic carbocycles. The first-order chi connectivity index (χ1) is 10.0. The predicted octanol–water partition coefficient (Wildman–Crippen LogP) is -1.50. The third-order valence-corrected chi connectivity index (χ3v) is 1.49. The molecule has 0 aromatic carbocycles. The Bertz CT molecular complexity index is 366. The Hall–Kier alpha value is -2.72. The molecule has 0 saturated heterocycles. The number of rotatable bonds is 0. The number of imidazole rings is 4. The van der Waals surface area contributed by atoms with Gasteiger partial charge in [0.15, 0.2) is 0 Å². The minimum atomic E-state index is 0. The number of aromatic nitrogens is 8. The van der Waals surface area contributed by atoms with Gasteiger partial charge in [0, 0.05) is 0 Å². The summed E-state index contributed by atoms with van der Waals surface area (Å²) in [6.45, 7) is 0. The Morgan fingerprint density at radius 1 is 0.435 bits per heavy atom. The third kappa shape index (κ3) is 19.3. The van der Waals surface area contributed by atoms with Crippen molar-refractivity contribution in [3.05, 3.63) is 74.9 Å². The largest absolute Gasteiger partial charge is 1.00 e. The van der Waals surface area contributed by atoms with E-state index in [1.807, 2.05) is 0 Å². The van der Waals surface area contributed by atoms with E-state index in [9.17, 15) is 0 Å². The van der Waals surface area contributed by atoms with E-state index in [2.05, 4.69) is 39.9 Å². The SMILES string of the molecule is O.O.[Cu+].c1c[n-]cn1.c1c[n-]cn1.c1c[n-]cn1.c1c[n-]cn1. The van der Waals surface area contributed by atoms with E-state index < -0.39 is 0 Å². The summed E-state index contributed by atoms with van der Waals surface area (Å²) in [7, 11) is 0. The van der Waals surface area contributed by atoms with Crippen LogP contribution >= 0.6 is 0 Å². The van der Waals surface area contributed by atoms with Crippen molar-refractivity contribution in [1.29, 1.82) is 0 Å². The van der Waals surface area contributed by atoms with Crippen molar-refractivity contribution < 1.29 is 28.0 Å². The van der Waals surface area contributed by atoms with Crippen molar-refractivity contribution in [3.63, 3.8) is 0 Å². The van der Waals surface area contributed by atoms with Crippen LogP contribution in [-0.2, 0) is 17.1 Å². The van der Waals surface area contributed by atoms with Gasteiger partial charge < -0.3 is 50.8 Å². The molecule has 10 nitrogen and oxygen atoms in total. The van der Waals surface area contributed by atoms with Crippen LogP contribution in [0.25, 0.3) is 0 Å². The van der Waals surface area contributed by atoms with Crippen LogP contribution in [0.2, 0.25) is 0 Å². The summed E-state index contributed by atoms with van der Waals surface area (Å²) in [6.07, 6.45) is 19.1. The third-order valence-electron chi connectivity index (χ3n) is 1.49. The molecule has 0 fully saturated rings. The van der Waals surface area contributed by atoms with Crippen LogP contribution < -0.4 is 19.9 Å². The molecular weight excluding hydrogens is 352 g/mol. The van der Waals surface area contributed by atoms with Crippen LogP contribution in [0.3, 0.4) is 0 Å². The summed E-state index contributed by atoms with van der Waals surface area (Å²) in [5.74, 6) is 0. The molecule has 4 N–H and O–H groups in total. The second-order valence-corrected chi connectivity index (χ2v) is 2.85. The maximum Gasteiger partial charge on any atom is 1.00 e. The average molecular weight is 368 g/mol. The second kappa shape index (κ2) is 21.6. The van der Waals surface area contributed by atoms with Gasteiger partial charge in [0.25, 0.3) is 0 Å². The monoisotopic (exact) mass is 367 g/mol. The fourth-order valence-electron chi connectivity index (χ4n) is 0.770. The fraction of sp³-hybridized carbons (Fsp3) is 0. The topological polar surface area (TPSA) is 171 Å². The molecule has 0 aliphatic rings. The van der Waals surface area contributed by atoms with Crippen LogP contribution in [0.5, 0.6) is 0 Å². The molecule has 0 spiro atoms. The number of hydrogen-bond donors (Lipinski definition) is 0. The smallest absolute Gasteiger partial charge is 0.450 e. The van der Waals surface area contributed by atoms with Gasteiger partial charge in [-0.15, -0.1) is 0 Å². The minimum absolute atomic E-state index is 0. The summed E-state index contributed by atoms with van der Waals surface area (Å²) in [4.78, 5) is 28.9. The molecule has 4 heterocycles. The predicted molar refractivity (Wildman–Crippen MR) is 77.5 cm³/mol. The zero-order valence-corrected chi connectivity index (χ0v) is 12.7. The Morgan fingerprint density at radius 2 is 0.652 bits per heavy atom. The Kier molecular flexibility index (Phi) is 23.7. The Balaban J connectivity index is -0.000000222. The van der Waals surface area contributed by atoms with Gasteiger partial charge >= 0.3 is 17.1 Å². The molecule has 130 valence electrons. The fourth-order valence-corrected chi connectivity index (χ4v) is 0.770. The van der Waals surface area contributed by atoms with Crippen LogP contribution in [-0.4, -0.2) is 30.9 Å². The van der Waals surface area contributed by atoms with Crippen molar-refractivity contribution in [1.82, 2.24) is 39.9 Å². The molecule has 4 aromatic heterocycles. The number of nitrogens with zero attached hydrogens (tertiary/aromatic N) is 8. The Morgan fingerprint density at radius 3 is 0.696 bits per heavy atom. The first-order valence-corrected chi connectivity index (χ1v) is 5.46. The molecule has 4 aromatic rings. The molecule has 0 aliphatic heterocycles. The first-order valence-electron chi connectivity index (χ1n) is 5.46. The molecule has 23 heavy (non-hydrogen) atoms. The molecule has 0 atom stereocenters. The van der Waals surface area contributed by atoms with Gasteiger partial charge in [-0.1, -0.05) is 74.9 Å². The van der Waals surface area contributed by atoms with Crippen molar-refractivity contribution in [2.24, 2.45) is 0 Å². The van der Waals surface area contributed by atoms with Gasteiger partial charge in [0.2, 0.25) is 0 Å². The van der Waals surface area contributed by atoms with Gasteiger partial charge in [-0.25, -0.2) is 0 Å². The van der Waals surface area contributed by atoms with E-state index in [4.69, 9.17) is 0 Å². The van der Waals surface area contributed by atoms with Gasteiger partial charge in [0.05, 0.1) is 0 Å². The van der Waals surface area contributed by atoms with Crippen molar-refractivity contribution in [2.45, 2.75) is 0 Å². The van der Waals surface area contributed by atoms with Gasteiger partial charge in [-0.05, 0) is 0 Å². The molecule has 4 rings (SSSR count). The van der Waals surface area contributed by atoms with Gasteiger partial charge in [-0.2, -0.15) is 0 Å². The Labute approximate surface area is 143 Å². The van der Waals surface area contributed by atoms with Crippen molar-refractivity contribution in [2.75, 3.05) is 0 Å². The molecule has 0 amide bonds. The molecule has 0 unspecified atom stereocenters. The molecule has 0 bridgehead atoms. The molecular formula is C12H16CuN8O2-3. The van der Waals surface area contributed by atoms with Crippen LogP contribution in [0.4, 0.5) is 0 Å². The summed E-state index contributed by atoms with van der Waals surface area (Å²) in [5.41, 5.74) is 0. The number of hydrogen-bond acceptors (Lipinski definition) is 4. The summed E-state index contributed by atoms with van der Waals surface area (Å²) < 4.78 is 0. The average Bonchev–Trinajstić information content (AvgIpc) is 3.40. The van der Waals surface area contributed by atoms with Gasteiger partial charge in [-0.3, -0.25) is 0 Å². The summed E-state index contributed by atoms with van der Waals surface area (Å²) in [6, 6.07) is 0. The zero-order valence-electron chi connectivity index (χ0n) is 11.8. The van der Waals surface area contributed by atoms with Gasteiger partial charge in [0.1, 0.15) is 0 Å². The van der Waals surface area contributed by atoms with Crippen molar-refractivity contribution in [3.8, 4) is 0 Å². The zero-order chi connectivity index (χ0) is 14.1. The van der Waals surface area contributed by atoms with Crippen LogP contribution in [0.1, 0.15) is 0 Å². The maximum absolute atomic E-state index is 3.61. The molecule has 0 saturated carbocycles. The first kappa shape index (κ1) is 25.2. The maximum atomic E-state index is 3.61. The molecule has 0 radical (unpaired) electrons. The van der Waals surface area contributed by atoms with Crippen LogP contribution in [0, 0.1) is 0 Å². The normalized spacial score (nSPS) is 6.96. The minimum Gasteiger partial charge on any atom is -0.450 e. The quantitative estimate of drug-likeness (QED) is 0.338. The van der Waals surface area contributed by atoms with E-state index in [-0.39, 0.29) is 28.0 Å². The summed E-state index contributed by atoms with van der Waals surface area (Å²) >= 11 is 0. The van der Waals surface area contributed by atoms with E-state index in [1.54, 1.807) is 49.6 Å². The van der Waals surface area contributed by atoms with E-state index in [0.29, 0.717) is 0 Å². The van der Waals surface area contributed by atoms with E-state index >= 15 is 0 Å². The van der Waals surface area contributed by atoms with E-state index in [0.717, 1.165) is 0 Å².